The van der Waals surface area contributed by atoms with Gasteiger partial charge < -0.3 is 24.2 Å². The average Bonchev–Trinajstić information content (AvgIpc) is 3.08. The Bertz CT molecular complexity index is 1010. The Hall–Kier alpha value is -3.48. The van der Waals surface area contributed by atoms with Gasteiger partial charge in [0, 0.05) is 12.6 Å². The Morgan fingerprint density at radius 3 is 2.19 bits per heavy atom. The first-order valence-corrected chi connectivity index (χ1v) is 10.6. The number of Topliss-reactive ketones (excluding diaryl/α,β-unsaturated/α-hetero) is 1. The van der Waals surface area contributed by atoms with E-state index in [1.165, 1.54) is 14.2 Å². The highest BCUT2D eigenvalue weighted by Crippen LogP contribution is 2.42. The summed E-state index contributed by atoms with van der Waals surface area (Å²) in [4.78, 5) is 27.6. The molecule has 0 aliphatic carbocycles. The third-order valence-electron chi connectivity index (χ3n) is 5.64. The molecule has 3 rings (SSSR count). The highest BCUT2D eigenvalue weighted by atomic mass is 16.5. The fraction of sp³-hybridized carbons (Fsp3) is 0.360. The molecule has 7 heteroatoms. The van der Waals surface area contributed by atoms with Gasteiger partial charge in [-0.1, -0.05) is 31.9 Å². The van der Waals surface area contributed by atoms with E-state index in [1.807, 2.05) is 0 Å². The average molecular weight is 440 g/mol. The van der Waals surface area contributed by atoms with Crippen molar-refractivity contribution in [2.24, 2.45) is 0 Å². The van der Waals surface area contributed by atoms with E-state index >= 15 is 0 Å². The van der Waals surface area contributed by atoms with Gasteiger partial charge in [0.2, 0.25) is 0 Å². The first kappa shape index (κ1) is 23.2. The van der Waals surface area contributed by atoms with Crippen LogP contribution in [0.15, 0.2) is 48.0 Å². The number of hydrogen-bond donors (Lipinski definition) is 1. The monoisotopic (exact) mass is 439 g/mol. The molecule has 1 heterocycles. The standard InChI is InChI=1S/C25H29NO6/c1-5-6-7-14-26-22(16-8-10-17(30-2)11-9-16)21(24(28)25(26)29)23(27)19-13-12-18(31-3)15-20(19)32-4/h8-13,15,22,27H,5-7,14H2,1-4H3/b23-21-. The van der Waals surface area contributed by atoms with Gasteiger partial charge in [0.25, 0.3) is 11.7 Å². The predicted molar refractivity (Wildman–Crippen MR) is 121 cm³/mol. The number of ether oxygens (including phenoxy) is 3. The zero-order valence-electron chi connectivity index (χ0n) is 18.9. The summed E-state index contributed by atoms with van der Waals surface area (Å²) in [6, 6.07) is 11.4. The van der Waals surface area contributed by atoms with Crippen molar-refractivity contribution in [3.05, 3.63) is 59.2 Å². The lowest BCUT2D eigenvalue weighted by atomic mass is 9.94. The number of aliphatic hydroxyl groups excluding tert-OH is 1. The maximum Gasteiger partial charge on any atom is 0.295 e. The van der Waals surface area contributed by atoms with E-state index in [9.17, 15) is 14.7 Å². The van der Waals surface area contributed by atoms with Crippen LogP contribution in [0, 0.1) is 0 Å². The number of likely N-dealkylation sites (tertiary alicyclic amines) is 1. The van der Waals surface area contributed by atoms with Gasteiger partial charge in [0.05, 0.1) is 38.5 Å². The van der Waals surface area contributed by atoms with Crippen LogP contribution in [-0.2, 0) is 9.59 Å². The van der Waals surface area contributed by atoms with E-state index in [0.29, 0.717) is 29.4 Å². The summed E-state index contributed by atoms with van der Waals surface area (Å²) >= 11 is 0. The van der Waals surface area contributed by atoms with Crippen molar-refractivity contribution in [3.8, 4) is 17.2 Å². The summed E-state index contributed by atoms with van der Waals surface area (Å²) in [5.41, 5.74) is 1.08. The number of carbonyl (C=O) groups is 2. The molecule has 1 aliphatic rings. The molecule has 1 aliphatic heterocycles. The second-order valence-electron chi connectivity index (χ2n) is 7.54. The van der Waals surface area contributed by atoms with E-state index in [0.717, 1.165) is 24.8 Å². The third-order valence-corrected chi connectivity index (χ3v) is 5.64. The smallest absolute Gasteiger partial charge is 0.295 e. The molecule has 0 bridgehead atoms. The molecular formula is C25H29NO6. The second kappa shape index (κ2) is 10.2. The number of amides is 1. The molecule has 7 nitrogen and oxygen atoms in total. The Morgan fingerprint density at radius 2 is 1.59 bits per heavy atom. The zero-order valence-corrected chi connectivity index (χ0v) is 18.9. The number of unbranched alkanes of at least 4 members (excludes halogenated alkanes) is 2. The SMILES string of the molecule is CCCCCN1C(=O)C(=O)/C(=C(\O)c2ccc(OC)cc2OC)C1c1ccc(OC)cc1. The van der Waals surface area contributed by atoms with Crippen LogP contribution in [0.3, 0.4) is 0 Å². The predicted octanol–water partition coefficient (Wildman–Crippen LogP) is 4.32. The number of ketones is 1. The van der Waals surface area contributed by atoms with Gasteiger partial charge in [0.1, 0.15) is 23.0 Å². The molecule has 1 amide bonds. The third kappa shape index (κ3) is 4.42. The highest BCUT2D eigenvalue weighted by molar-refractivity contribution is 6.46. The van der Waals surface area contributed by atoms with Gasteiger partial charge in [-0.05, 0) is 36.2 Å². The van der Waals surface area contributed by atoms with Crippen LogP contribution in [0.1, 0.15) is 43.4 Å². The molecule has 0 spiro atoms. The molecule has 1 saturated heterocycles. The fourth-order valence-electron chi connectivity index (χ4n) is 3.91. The van der Waals surface area contributed by atoms with Crippen LogP contribution >= 0.6 is 0 Å². The molecule has 2 aromatic rings. The van der Waals surface area contributed by atoms with E-state index in [2.05, 4.69) is 6.92 Å². The van der Waals surface area contributed by atoms with Gasteiger partial charge in [0.15, 0.2) is 0 Å². The van der Waals surface area contributed by atoms with Crippen molar-refractivity contribution in [1.82, 2.24) is 4.90 Å². The molecule has 0 saturated carbocycles. The van der Waals surface area contributed by atoms with E-state index in [-0.39, 0.29) is 11.3 Å². The van der Waals surface area contributed by atoms with E-state index in [1.54, 1.807) is 54.5 Å². The number of hydrogen-bond acceptors (Lipinski definition) is 6. The van der Waals surface area contributed by atoms with Crippen molar-refractivity contribution in [3.63, 3.8) is 0 Å². The zero-order chi connectivity index (χ0) is 23.3. The van der Waals surface area contributed by atoms with Crippen LogP contribution in [0.5, 0.6) is 17.2 Å². The van der Waals surface area contributed by atoms with E-state index < -0.39 is 17.7 Å². The Kier molecular flexibility index (Phi) is 7.41. The Labute approximate surface area is 188 Å². The first-order chi connectivity index (χ1) is 15.5. The van der Waals surface area contributed by atoms with Crippen LogP contribution in [0.25, 0.3) is 5.76 Å². The summed E-state index contributed by atoms with van der Waals surface area (Å²) in [6.45, 7) is 2.50. The molecule has 1 atom stereocenters. The highest BCUT2D eigenvalue weighted by Gasteiger charge is 2.46. The van der Waals surface area contributed by atoms with Crippen molar-refractivity contribution in [2.45, 2.75) is 32.2 Å². The lowest BCUT2D eigenvalue weighted by Gasteiger charge is -2.25. The Balaban J connectivity index is 2.15. The van der Waals surface area contributed by atoms with Crippen molar-refractivity contribution < 1.29 is 28.9 Å². The number of rotatable bonds is 9. The van der Waals surface area contributed by atoms with Gasteiger partial charge >= 0.3 is 0 Å². The van der Waals surface area contributed by atoms with Crippen molar-refractivity contribution >= 4 is 17.4 Å². The lowest BCUT2D eigenvalue weighted by Crippen LogP contribution is -2.30. The fourth-order valence-corrected chi connectivity index (χ4v) is 3.91. The number of aliphatic hydroxyl groups is 1. The minimum atomic E-state index is -0.710. The number of carbonyl (C=O) groups excluding carboxylic acids is 2. The normalized spacial score (nSPS) is 17.5. The molecule has 1 fully saturated rings. The summed E-state index contributed by atoms with van der Waals surface area (Å²) in [6.07, 6.45) is 2.69. The Morgan fingerprint density at radius 1 is 0.938 bits per heavy atom. The number of nitrogens with zero attached hydrogens (tertiary/aromatic N) is 1. The second-order valence-corrected chi connectivity index (χ2v) is 7.54. The summed E-state index contributed by atoms with van der Waals surface area (Å²) in [5, 5.41) is 11.2. The van der Waals surface area contributed by atoms with Crippen LogP contribution < -0.4 is 14.2 Å². The van der Waals surface area contributed by atoms with Gasteiger partial charge in [-0.2, -0.15) is 0 Å². The number of methoxy groups -OCH3 is 3. The molecule has 1 unspecified atom stereocenters. The van der Waals surface area contributed by atoms with Gasteiger partial charge in [-0.15, -0.1) is 0 Å². The quantitative estimate of drug-likeness (QED) is 0.271. The first-order valence-electron chi connectivity index (χ1n) is 10.6. The molecule has 0 aromatic heterocycles. The minimum Gasteiger partial charge on any atom is -0.507 e. The molecule has 2 aromatic carbocycles. The lowest BCUT2D eigenvalue weighted by molar-refractivity contribution is -0.139. The van der Waals surface area contributed by atoms with Crippen molar-refractivity contribution in [2.75, 3.05) is 27.9 Å². The summed E-state index contributed by atoms with van der Waals surface area (Å²) < 4.78 is 15.9. The van der Waals surface area contributed by atoms with Crippen molar-refractivity contribution in [1.29, 1.82) is 0 Å². The number of benzene rings is 2. The molecule has 1 N–H and O–H groups in total. The van der Waals surface area contributed by atoms with Gasteiger partial charge in [-0.3, -0.25) is 9.59 Å². The summed E-state index contributed by atoms with van der Waals surface area (Å²) in [7, 11) is 4.57. The van der Waals surface area contributed by atoms with Crippen LogP contribution in [-0.4, -0.2) is 49.6 Å². The molecule has 0 radical (unpaired) electrons. The molecular weight excluding hydrogens is 410 g/mol. The van der Waals surface area contributed by atoms with E-state index in [4.69, 9.17) is 14.2 Å². The summed E-state index contributed by atoms with van der Waals surface area (Å²) in [5.74, 6) is -0.0542. The molecule has 170 valence electrons. The van der Waals surface area contributed by atoms with Gasteiger partial charge in [-0.25, -0.2) is 0 Å². The van der Waals surface area contributed by atoms with Crippen LogP contribution in [0.4, 0.5) is 0 Å². The topological polar surface area (TPSA) is 85.3 Å². The van der Waals surface area contributed by atoms with Crippen LogP contribution in [0.2, 0.25) is 0 Å². The maximum absolute atomic E-state index is 13.1. The molecule has 32 heavy (non-hydrogen) atoms. The largest absolute Gasteiger partial charge is 0.507 e. The minimum absolute atomic E-state index is 0.0418. The maximum atomic E-state index is 13.1.